The van der Waals surface area contributed by atoms with Gasteiger partial charge in [-0.25, -0.2) is 9.97 Å². The van der Waals surface area contributed by atoms with Crippen LogP contribution < -0.4 is 19.1 Å². The molecule has 0 saturated carbocycles. The molecule has 0 unspecified atom stereocenters. The van der Waals surface area contributed by atoms with Gasteiger partial charge in [-0.3, -0.25) is 4.79 Å². The zero-order valence-electron chi connectivity index (χ0n) is 22.2. The summed E-state index contributed by atoms with van der Waals surface area (Å²) < 4.78 is 16.6. The van der Waals surface area contributed by atoms with Gasteiger partial charge in [0.15, 0.2) is 23.1 Å². The second-order valence-electron chi connectivity index (χ2n) is 9.02. The molecular weight excluding hydrogens is 492 g/mol. The number of amides is 1. The average molecular weight is 523 g/mol. The van der Waals surface area contributed by atoms with Gasteiger partial charge >= 0.3 is 0 Å². The van der Waals surface area contributed by atoms with Crippen LogP contribution in [-0.4, -0.2) is 54.7 Å². The Labute approximate surface area is 228 Å². The van der Waals surface area contributed by atoms with Crippen LogP contribution in [0.5, 0.6) is 17.2 Å². The van der Waals surface area contributed by atoms with Crippen LogP contribution in [0.4, 0.5) is 11.5 Å². The number of nitrogens with zero attached hydrogens (tertiary/aromatic N) is 4. The van der Waals surface area contributed by atoms with E-state index >= 15 is 0 Å². The number of benzene rings is 3. The fraction of sp³-hybridized carbons (Fsp3) is 0.194. The summed E-state index contributed by atoms with van der Waals surface area (Å²) >= 11 is 0. The molecule has 0 N–H and O–H groups in total. The van der Waals surface area contributed by atoms with Crippen molar-refractivity contribution in [3.8, 4) is 28.6 Å². The fourth-order valence-electron chi connectivity index (χ4n) is 4.80. The largest absolute Gasteiger partial charge is 0.493 e. The lowest BCUT2D eigenvalue weighted by Gasteiger charge is -2.31. The maximum absolute atomic E-state index is 13.9. The third-order valence-corrected chi connectivity index (χ3v) is 6.70. The number of hydrogen-bond acceptors (Lipinski definition) is 7. The molecule has 1 aliphatic heterocycles. The Hall–Kier alpha value is -4.85. The predicted octanol–water partition coefficient (Wildman–Crippen LogP) is 5.52. The number of anilines is 2. The molecule has 2 heterocycles. The summed E-state index contributed by atoms with van der Waals surface area (Å²) in [5.41, 5.74) is 3.01. The minimum Gasteiger partial charge on any atom is -0.493 e. The molecule has 0 fully saturated rings. The van der Waals surface area contributed by atoms with Gasteiger partial charge in [0.05, 0.1) is 27.4 Å². The molecule has 39 heavy (non-hydrogen) atoms. The zero-order chi connectivity index (χ0) is 27.4. The molecule has 0 saturated heterocycles. The second kappa shape index (κ2) is 11.3. The molecule has 0 spiro atoms. The SMILES string of the molecule is C=C[C@H]1CN(Cc2ccccc2)C(=O)c2cnc(-c3cc(OC)c(OC)c(OC)c3)nc2N1c1ccccc1. The molecule has 0 aliphatic carbocycles. The molecule has 0 radical (unpaired) electrons. The molecule has 1 aliphatic rings. The Kier molecular flexibility index (Phi) is 7.45. The maximum atomic E-state index is 13.9. The summed E-state index contributed by atoms with van der Waals surface area (Å²) in [6.07, 6.45) is 3.46. The Morgan fingerprint density at radius 1 is 0.949 bits per heavy atom. The number of rotatable bonds is 8. The average Bonchev–Trinajstić information content (AvgIpc) is 3.10. The first-order valence-corrected chi connectivity index (χ1v) is 12.5. The van der Waals surface area contributed by atoms with Gasteiger partial charge < -0.3 is 24.0 Å². The molecule has 5 rings (SSSR count). The van der Waals surface area contributed by atoms with Crippen molar-refractivity contribution in [2.24, 2.45) is 0 Å². The van der Waals surface area contributed by atoms with Crippen LogP contribution in [0.1, 0.15) is 15.9 Å². The van der Waals surface area contributed by atoms with E-state index in [0.717, 1.165) is 11.3 Å². The summed E-state index contributed by atoms with van der Waals surface area (Å²) in [6, 6.07) is 23.2. The van der Waals surface area contributed by atoms with Gasteiger partial charge in [0.1, 0.15) is 5.56 Å². The van der Waals surface area contributed by atoms with Gasteiger partial charge in [0.25, 0.3) is 5.91 Å². The molecule has 1 amide bonds. The van der Waals surface area contributed by atoms with Crippen molar-refractivity contribution in [3.63, 3.8) is 0 Å². The Morgan fingerprint density at radius 3 is 2.18 bits per heavy atom. The Balaban J connectivity index is 1.67. The number of carbonyl (C=O) groups excluding carboxylic acids is 1. The van der Waals surface area contributed by atoms with Crippen molar-refractivity contribution in [3.05, 3.63) is 103 Å². The normalized spacial score (nSPS) is 14.8. The predicted molar refractivity (Wildman–Crippen MR) is 151 cm³/mol. The Morgan fingerprint density at radius 2 is 1.59 bits per heavy atom. The first-order valence-electron chi connectivity index (χ1n) is 12.5. The van der Waals surface area contributed by atoms with Crippen LogP contribution in [0.3, 0.4) is 0 Å². The molecule has 8 nitrogen and oxygen atoms in total. The van der Waals surface area contributed by atoms with Crippen LogP contribution in [0, 0.1) is 0 Å². The monoisotopic (exact) mass is 522 g/mol. The highest BCUT2D eigenvalue weighted by atomic mass is 16.5. The molecular formula is C31H30N4O4. The fourth-order valence-corrected chi connectivity index (χ4v) is 4.80. The number of hydrogen-bond donors (Lipinski definition) is 0. The van der Waals surface area contributed by atoms with Crippen molar-refractivity contribution in [2.75, 3.05) is 32.8 Å². The molecule has 198 valence electrons. The highest BCUT2D eigenvalue weighted by Crippen LogP contribution is 2.41. The molecule has 4 aromatic rings. The topological polar surface area (TPSA) is 77.0 Å². The molecule has 0 bridgehead atoms. The number of methoxy groups -OCH3 is 3. The van der Waals surface area contributed by atoms with Crippen molar-refractivity contribution in [1.82, 2.24) is 14.9 Å². The minimum absolute atomic E-state index is 0.143. The number of para-hydroxylation sites is 1. The van der Waals surface area contributed by atoms with Crippen LogP contribution in [0.25, 0.3) is 11.4 Å². The lowest BCUT2D eigenvalue weighted by molar-refractivity contribution is 0.0747. The highest BCUT2D eigenvalue weighted by molar-refractivity contribution is 6.00. The maximum Gasteiger partial charge on any atom is 0.259 e. The smallest absolute Gasteiger partial charge is 0.259 e. The summed E-state index contributed by atoms with van der Waals surface area (Å²) in [5.74, 6) is 2.23. The zero-order valence-corrected chi connectivity index (χ0v) is 22.2. The van der Waals surface area contributed by atoms with Crippen LogP contribution in [0.2, 0.25) is 0 Å². The number of aromatic nitrogens is 2. The van der Waals surface area contributed by atoms with E-state index in [1.807, 2.05) is 76.5 Å². The number of carbonyl (C=O) groups is 1. The van der Waals surface area contributed by atoms with Gasteiger partial charge in [-0.1, -0.05) is 54.6 Å². The second-order valence-corrected chi connectivity index (χ2v) is 9.02. The summed E-state index contributed by atoms with van der Waals surface area (Å²) in [6.45, 7) is 5.01. The van der Waals surface area contributed by atoms with Gasteiger partial charge in [0, 0.05) is 30.5 Å². The molecule has 1 atom stereocenters. The first-order chi connectivity index (χ1) is 19.1. The quantitative estimate of drug-likeness (QED) is 0.282. The summed E-state index contributed by atoms with van der Waals surface area (Å²) in [7, 11) is 4.68. The van der Waals surface area contributed by atoms with E-state index < -0.39 is 0 Å². The van der Waals surface area contributed by atoms with E-state index in [4.69, 9.17) is 19.2 Å². The molecule has 8 heteroatoms. The highest BCUT2D eigenvalue weighted by Gasteiger charge is 2.34. The number of fused-ring (bicyclic) bond motifs is 1. The van der Waals surface area contributed by atoms with E-state index in [0.29, 0.717) is 53.1 Å². The van der Waals surface area contributed by atoms with Crippen molar-refractivity contribution in [1.29, 1.82) is 0 Å². The van der Waals surface area contributed by atoms with Gasteiger partial charge in [-0.05, 0) is 29.8 Å². The lowest BCUT2D eigenvalue weighted by atomic mass is 10.1. The van der Waals surface area contributed by atoms with E-state index in [2.05, 4.69) is 11.6 Å². The Bertz CT molecular complexity index is 1450. The van der Waals surface area contributed by atoms with E-state index in [1.54, 1.807) is 39.7 Å². The third kappa shape index (κ3) is 5.01. The first kappa shape index (κ1) is 25.8. The third-order valence-electron chi connectivity index (χ3n) is 6.70. The summed E-state index contributed by atoms with van der Waals surface area (Å²) in [5, 5.41) is 0. The van der Waals surface area contributed by atoms with Gasteiger partial charge in [-0.15, -0.1) is 6.58 Å². The van der Waals surface area contributed by atoms with Crippen molar-refractivity contribution < 1.29 is 19.0 Å². The minimum atomic E-state index is -0.232. The lowest BCUT2D eigenvalue weighted by Crippen LogP contribution is -2.39. The van der Waals surface area contributed by atoms with Gasteiger partial charge in [0.2, 0.25) is 5.75 Å². The number of ether oxygens (including phenoxy) is 3. The standard InChI is InChI=1S/C31H30N4O4/c1-5-23-20-34(19-21-12-8-6-9-13-21)31(36)25-18-32-29(33-30(25)35(23)24-14-10-7-11-15-24)22-16-26(37-2)28(39-4)27(17-22)38-3/h5-18,23H,1,19-20H2,2-4H3/t23-/m0/s1. The van der Waals surface area contributed by atoms with Crippen molar-refractivity contribution >= 4 is 17.4 Å². The molecule has 1 aromatic heterocycles. The van der Waals surface area contributed by atoms with E-state index in [9.17, 15) is 4.79 Å². The van der Waals surface area contributed by atoms with Gasteiger partial charge in [-0.2, -0.15) is 0 Å². The van der Waals surface area contributed by atoms with Crippen LogP contribution >= 0.6 is 0 Å². The van der Waals surface area contributed by atoms with Crippen LogP contribution in [-0.2, 0) is 6.54 Å². The van der Waals surface area contributed by atoms with Crippen LogP contribution in [0.15, 0.2) is 91.6 Å². The molecule has 3 aromatic carbocycles. The van der Waals surface area contributed by atoms with E-state index in [1.165, 1.54) is 0 Å². The summed E-state index contributed by atoms with van der Waals surface area (Å²) in [4.78, 5) is 27.4. The van der Waals surface area contributed by atoms with Crippen molar-refractivity contribution in [2.45, 2.75) is 12.6 Å². The van der Waals surface area contributed by atoms with E-state index in [-0.39, 0.29) is 11.9 Å².